The van der Waals surface area contributed by atoms with Crippen molar-refractivity contribution in [3.05, 3.63) is 34.9 Å². The number of benzene rings is 1. The molecule has 98 valence electrons. The molecule has 2 rings (SSSR count). The standard InChI is InChI=1S/C15H20ClNO/c1-11-12(2)17(10-8-15(11)18)9-7-13-3-5-14(16)6-4-13/h3-6,11-12H,7-10H2,1-2H3. The van der Waals surface area contributed by atoms with Crippen molar-refractivity contribution in [2.45, 2.75) is 32.7 Å². The van der Waals surface area contributed by atoms with E-state index >= 15 is 0 Å². The Kier molecular flexibility index (Phi) is 4.41. The third-order valence-electron chi connectivity index (χ3n) is 4.05. The van der Waals surface area contributed by atoms with E-state index in [4.69, 9.17) is 11.6 Å². The Labute approximate surface area is 114 Å². The summed E-state index contributed by atoms with van der Waals surface area (Å²) in [5, 5.41) is 0.782. The molecule has 1 heterocycles. The lowest BCUT2D eigenvalue weighted by molar-refractivity contribution is -0.127. The van der Waals surface area contributed by atoms with Crippen LogP contribution in [0.1, 0.15) is 25.8 Å². The molecule has 1 aromatic carbocycles. The highest BCUT2D eigenvalue weighted by atomic mass is 35.5. The van der Waals surface area contributed by atoms with E-state index in [0.29, 0.717) is 18.2 Å². The van der Waals surface area contributed by atoms with Gasteiger partial charge in [-0.25, -0.2) is 0 Å². The molecule has 0 amide bonds. The maximum absolute atomic E-state index is 11.6. The number of ketones is 1. The second-order valence-corrected chi connectivity index (χ2v) is 5.59. The van der Waals surface area contributed by atoms with Crippen LogP contribution in [0.5, 0.6) is 0 Å². The summed E-state index contributed by atoms with van der Waals surface area (Å²) in [6.07, 6.45) is 1.72. The Balaban J connectivity index is 1.90. The number of hydrogen-bond donors (Lipinski definition) is 0. The third-order valence-corrected chi connectivity index (χ3v) is 4.31. The summed E-state index contributed by atoms with van der Waals surface area (Å²) in [6, 6.07) is 8.38. The molecule has 0 radical (unpaired) electrons. The van der Waals surface area contributed by atoms with Gasteiger partial charge in [-0.3, -0.25) is 9.69 Å². The minimum atomic E-state index is 0.170. The van der Waals surface area contributed by atoms with E-state index in [9.17, 15) is 4.79 Å². The monoisotopic (exact) mass is 265 g/mol. The van der Waals surface area contributed by atoms with E-state index in [1.54, 1.807) is 0 Å². The Morgan fingerprint density at radius 2 is 1.94 bits per heavy atom. The van der Waals surface area contributed by atoms with Crippen LogP contribution in [0.3, 0.4) is 0 Å². The van der Waals surface area contributed by atoms with Gasteiger partial charge >= 0.3 is 0 Å². The van der Waals surface area contributed by atoms with E-state index < -0.39 is 0 Å². The summed E-state index contributed by atoms with van der Waals surface area (Å²) in [4.78, 5) is 14.0. The summed E-state index contributed by atoms with van der Waals surface area (Å²) in [6.45, 7) is 6.11. The SMILES string of the molecule is CC1C(=O)CCN(CCc2ccc(Cl)cc2)C1C. The molecule has 0 spiro atoms. The van der Waals surface area contributed by atoms with Crippen LogP contribution in [0, 0.1) is 5.92 Å². The second-order valence-electron chi connectivity index (χ2n) is 5.16. The van der Waals surface area contributed by atoms with Crippen LogP contribution in [0.25, 0.3) is 0 Å². The average Bonchev–Trinajstić information content (AvgIpc) is 2.37. The first-order valence-corrected chi connectivity index (χ1v) is 6.97. The molecule has 0 bridgehead atoms. The summed E-state index contributed by atoms with van der Waals surface area (Å²) in [5.74, 6) is 0.578. The molecule has 1 aliphatic heterocycles. The highest BCUT2D eigenvalue weighted by molar-refractivity contribution is 6.30. The molecule has 0 saturated carbocycles. The zero-order chi connectivity index (χ0) is 13.1. The lowest BCUT2D eigenvalue weighted by atomic mass is 9.90. The topological polar surface area (TPSA) is 20.3 Å². The fraction of sp³-hybridized carbons (Fsp3) is 0.533. The molecule has 1 aromatic rings. The number of nitrogens with zero attached hydrogens (tertiary/aromatic N) is 1. The Morgan fingerprint density at radius 3 is 2.61 bits per heavy atom. The van der Waals surface area contributed by atoms with Crippen molar-refractivity contribution in [2.75, 3.05) is 13.1 Å². The molecule has 2 unspecified atom stereocenters. The van der Waals surface area contributed by atoms with Crippen LogP contribution < -0.4 is 0 Å². The Bertz CT molecular complexity index is 415. The van der Waals surface area contributed by atoms with Gasteiger partial charge in [0.2, 0.25) is 0 Å². The van der Waals surface area contributed by atoms with E-state index in [0.717, 1.165) is 24.5 Å². The van der Waals surface area contributed by atoms with Crippen LogP contribution in [0.4, 0.5) is 0 Å². The maximum atomic E-state index is 11.6. The van der Waals surface area contributed by atoms with Crippen LogP contribution >= 0.6 is 11.6 Å². The van der Waals surface area contributed by atoms with Crippen molar-refractivity contribution in [2.24, 2.45) is 5.92 Å². The van der Waals surface area contributed by atoms with E-state index in [2.05, 4.69) is 24.0 Å². The minimum Gasteiger partial charge on any atom is -0.299 e. The molecule has 1 saturated heterocycles. The summed E-state index contributed by atoms with van der Waals surface area (Å²) in [5.41, 5.74) is 1.30. The molecule has 2 atom stereocenters. The normalized spacial score (nSPS) is 25.4. The molecule has 0 aliphatic carbocycles. The maximum Gasteiger partial charge on any atom is 0.138 e. The molecule has 0 aromatic heterocycles. The van der Waals surface area contributed by atoms with Gasteiger partial charge in [-0.1, -0.05) is 30.7 Å². The van der Waals surface area contributed by atoms with Gasteiger partial charge in [0.15, 0.2) is 0 Å². The predicted octanol–water partition coefficient (Wildman–Crippen LogP) is 3.18. The smallest absolute Gasteiger partial charge is 0.138 e. The van der Waals surface area contributed by atoms with Crippen LogP contribution in [-0.2, 0) is 11.2 Å². The number of Topliss-reactive ketones (excluding diaryl/α,β-unsaturated/α-hetero) is 1. The first-order chi connectivity index (χ1) is 8.58. The van der Waals surface area contributed by atoms with E-state index in [1.807, 2.05) is 19.1 Å². The second kappa shape index (κ2) is 5.85. The predicted molar refractivity (Wildman–Crippen MR) is 75.0 cm³/mol. The quantitative estimate of drug-likeness (QED) is 0.837. The lowest BCUT2D eigenvalue weighted by Crippen LogP contribution is -2.47. The highest BCUT2D eigenvalue weighted by Gasteiger charge is 2.30. The van der Waals surface area contributed by atoms with Crippen molar-refractivity contribution in [3.8, 4) is 0 Å². The van der Waals surface area contributed by atoms with E-state index in [1.165, 1.54) is 5.56 Å². The van der Waals surface area contributed by atoms with Crippen molar-refractivity contribution >= 4 is 17.4 Å². The third kappa shape index (κ3) is 3.12. The number of likely N-dealkylation sites (tertiary alicyclic amines) is 1. The van der Waals surface area contributed by atoms with Crippen LogP contribution in [-0.4, -0.2) is 29.8 Å². The highest BCUT2D eigenvalue weighted by Crippen LogP contribution is 2.20. The molecule has 1 fully saturated rings. The van der Waals surface area contributed by atoms with Crippen molar-refractivity contribution in [1.29, 1.82) is 0 Å². The molecule has 18 heavy (non-hydrogen) atoms. The number of carbonyl (C=O) groups is 1. The summed E-state index contributed by atoms with van der Waals surface area (Å²) >= 11 is 5.87. The first-order valence-electron chi connectivity index (χ1n) is 6.59. The molecule has 2 nitrogen and oxygen atoms in total. The largest absolute Gasteiger partial charge is 0.299 e. The van der Waals surface area contributed by atoms with E-state index in [-0.39, 0.29) is 5.92 Å². The van der Waals surface area contributed by atoms with Crippen LogP contribution in [0.2, 0.25) is 5.02 Å². The Hall–Kier alpha value is -0.860. The summed E-state index contributed by atoms with van der Waals surface area (Å²) < 4.78 is 0. The Morgan fingerprint density at radius 1 is 1.28 bits per heavy atom. The fourth-order valence-electron chi connectivity index (χ4n) is 2.51. The van der Waals surface area contributed by atoms with Crippen molar-refractivity contribution < 1.29 is 4.79 Å². The molecular formula is C15H20ClNO. The molecule has 3 heteroatoms. The average molecular weight is 266 g/mol. The first kappa shape index (κ1) is 13.6. The van der Waals surface area contributed by atoms with Gasteiger partial charge in [-0.05, 0) is 31.0 Å². The van der Waals surface area contributed by atoms with Gasteiger partial charge in [-0.15, -0.1) is 0 Å². The number of piperidine rings is 1. The molecule has 1 aliphatic rings. The van der Waals surface area contributed by atoms with Gasteiger partial charge < -0.3 is 0 Å². The van der Waals surface area contributed by atoms with Gasteiger partial charge in [0.1, 0.15) is 5.78 Å². The number of carbonyl (C=O) groups excluding carboxylic acids is 1. The number of hydrogen-bond acceptors (Lipinski definition) is 2. The zero-order valence-electron chi connectivity index (χ0n) is 11.0. The fourth-order valence-corrected chi connectivity index (χ4v) is 2.64. The molecular weight excluding hydrogens is 246 g/mol. The number of halogens is 1. The lowest BCUT2D eigenvalue weighted by Gasteiger charge is -2.36. The summed E-state index contributed by atoms with van der Waals surface area (Å²) in [7, 11) is 0. The van der Waals surface area contributed by atoms with Crippen molar-refractivity contribution in [3.63, 3.8) is 0 Å². The minimum absolute atomic E-state index is 0.170. The van der Waals surface area contributed by atoms with Gasteiger partial charge in [0, 0.05) is 36.5 Å². The van der Waals surface area contributed by atoms with Gasteiger partial charge in [0.25, 0.3) is 0 Å². The number of rotatable bonds is 3. The van der Waals surface area contributed by atoms with Crippen molar-refractivity contribution in [1.82, 2.24) is 4.90 Å². The van der Waals surface area contributed by atoms with Gasteiger partial charge in [0.05, 0.1) is 0 Å². The van der Waals surface area contributed by atoms with Crippen LogP contribution in [0.15, 0.2) is 24.3 Å². The zero-order valence-corrected chi connectivity index (χ0v) is 11.8. The van der Waals surface area contributed by atoms with Gasteiger partial charge in [-0.2, -0.15) is 0 Å². The molecule has 0 N–H and O–H groups in total.